The van der Waals surface area contributed by atoms with Crippen LogP contribution in [0, 0.1) is 0 Å². The first-order valence-electron chi connectivity index (χ1n) is 8.94. The van der Waals surface area contributed by atoms with Crippen molar-refractivity contribution in [3.05, 3.63) is 23.9 Å². The minimum absolute atomic E-state index is 0.0827. The second-order valence-corrected chi connectivity index (χ2v) is 7.70. The van der Waals surface area contributed by atoms with Crippen LogP contribution in [0.15, 0.2) is 28.2 Å². The quantitative estimate of drug-likeness (QED) is 0.781. The lowest BCUT2D eigenvalue weighted by Crippen LogP contribution is -2.35. The molecule has 1 aromatic heterocycles. The van der Waals surface area contributed by atoms with E-state index in [9.17, 15) is 4.79 Å². The first-order chi connectivity index (χ1) is 12.3. The van der Waals surface area contributed by atoms with Crippen LogP contribution in [0.25, 0.3) is 5.57 Å². The monoisotopic (exact) mass is 357 g/mol. The van der Waals surface area contributed by atoms with Crippen LogP contribution >= 0.6 is 11.8 Å². The number of thioether (sulfide) groups is 1. The third-order valence-electron chi connectivity index (χ3n) is 4.73. The third-order valence-corrected chi connectivity index (χ3v) is 5.93. The van der Waals surface area contributed by atoms with Gasteiger partial charge in [0, 0.05) is 48.1 Å². The van der Waals surface area contributed by atoms with Crippen molar-refractivity contribution >= 4 is 35.3 Å². The Bertz CT molecular complexity index is 709. The van der Waals surface area contributed by atoms with E-state index >= 15 is 0 Å². The highest BCUT2D eigenvalue weighted by molar-refractivity contribution is 8.01. The minimum Gasteiger partial charge on any atom is -0.355 e. The van der Waals surface area contributed by atoms with Gasteiger partial charge in [-0.3, -0.25) is 4.79 Å². The average molecular weight is 357 g/mol. The zero-order valence-corrected chi connectivity index (χ0v) is 15.0. The predicted octanol–water partition coefficient (Wildman–Crippen LogP) is 1.46. The summed E-state index contributed by atoms with van der Waals surface area (Å²) in [5.41, 5.74) is 2.10. The minimum atomic E-state index is -0.190. The van der Waals surface area contributed by atoms with Crippen molar-refractivity contribution in [1.29, 1.82) is 0 Å². The third kappa shape index (κ3) is 3.78. The molecular weight excluding hydrogens is 334 g/mol. The van der Waals surface area contributed by atoms with Crippen LogP contribution in [0.5, 0.6) is 0 Å². The van der Waals surface area contributed by atoms with Crippen LogP contribution in [0.3, 0.4) is 0 Å². The Kier molecular flexibility index (Phi) is 5.14. The maximum Gasteiger partial charge on any atom is 0.237 e. The lowest BCUT2D eigenvalue weighted by molar-refractivity contribution is -0.119. The van der Waals surface area contributed by atoms with E-state index in [0.717, 1.165) is 67.5 Å². The molecule has 7 heteroatoms. The number of aliphatic imine (C=N–C) groups is 1. The Hall–Kier alpha value is -1.70. The Morgan fingerprint density at radius 1 is 1.40 bits per heavy atom. The number of hydrogen-bond donors (Lipinski definition) is 2. The van der Waals surface area contributed by atoms with E-state index in [1.165, 1.54) is 6.42 Å². The van der Waals surface area contributed by atoms with Crippen LogP contribution in [-0.4, -0.2) is 66.5 Å². The molecule has 1 aromatic rings. The second-order valence-electron chi connectivity index (χ2n) is 6.52. The molecule has 1 amide bonds. The number of nitrogens with one attached hydrogen (secondary N) is 2. The van der Waals surface area contributed by atoms with Gasteiger partial charge in [0.1, 0.15) is 5.25 Å². The van der Waals surface area contributed by atoms with E-state index < -0.39 is 0 Å². The van der Waals surface area contributed by atoms with E-state index in [0.29, 0.717) is 0 Å². The molecule has 0 spiro atoms. The van der Waals surface area contributed by atoms with E-state index in [1.807, 2.05) is 18.4 Å². The van der Waals surface area contributed by atoms with E-state index in [-0.39, 0.29) is 11.2 Å². The molecule has 6 nitrogen and oxygen atoms in total. The van der Waals surface area contributed by atoms with Crippen molar-refractivity contribution in [1.82, 2.24) is 20.5 Å². The molecule has 3 aliphatic rings. The molecule has 1 atom stereocenters. The van der Waals surface area contributed by atoms with Crippen LogP contribution in [0.2, 0.25) is 0 Å². The number of pyridine rings is 1. The standard InChI is InChI=1S/C18H23N5OS/c24-18(21-5-2-9-23-8-1-4-19-7-10-23)15-11-13-12-22-17-16(13)14(25-15)3-6-20-17/h3,6,11-12,15,19H,1-2,4-5,7-10H2,(H,21,24). The first-order valence-corrected chi connectivity index (χ1v) is 9.82. The molecule has 132 valence electrons. The average Bonchev–Trinajstić information content (AvgIpc) is 2.88. The number of nitrogens with zero attached hydrogens (tertiary/aromatic N) is 3. The largest absolute Gasteiger partial charge is 0.355 e. The fourth-order valence-electron chi connectivity index (χ4n) is 3.43. The second kappa shape index (κ2) is 7.68. The number of allylic oxidation sites excluding steroid dienone is 1. The maximum atomic E-state index is 12.5. The van der Waals surface area contributed by atoms with E-state index in [1.54, 1.807) is 18.0 Å². The summed E-state index contributed by atoms with van der Waals surface area (Å²) in [6.07, 6.45) is 7.78. The predicted molar refractivity (Wildman–Crippen MR) is 102 cm³/mol. The van der Waals surface area contributed by atoms with Gasteiger partial charge in [-0.05, 0) is 38.5 Å². The lowest BCUT2D eigenvalue weighted by Gasteiger charge is -2.21. The Morgan fingerprint density at radius 2 is 2.36 bits per heavy atom. The Labute approximate surface area is 152 Å². The summed E-state index contributed by atoms with van der Waals surface area (Å²) in [6.45, 7) is 6.21. The highest BCUT2D eigenvalue weighted by Crippen LogP contribution is 2.43. The molecule has 4 rings (SSSR count). The molecule has 0 aliphatic carbocycles. The van der Waals surface area contributed by atoms with E-state index in [4.69, 9.17) is 0 Å². The summed E-state index contributed by atoms with van der Waals surface area (Å²) in [5, 5.41) is 6.32. The fraction of sp³-hybridized carbons (Fsp3) is 0.500. The van der Waals surface area contributed by atoms with Crippen molar-refractivity contribution in [3.8, 4) is 0 Å². The zero-order chi connectivity index (χ0) is 17.1. The van der Waals surface area contributed by atoms with Crippen molar-refractivity contribution in [3.63, 3.8) is 0 Å². The maximum absolute atomic E-state index is 12.5. The summed E-state index contributed by atoms with van der Waals surface area (Å²) < 4.78 is 0. The van der Waals surface area contributed by atoms with Crippen LogP contribution in [-0.2, 0) is 4.79 Å². The molecule has 1 saturated heterocycles. The van der Waals surface area contributed by atoms with Crippen molar-refractivity contribution in [2.24, 2.45) is 4.99 Å². The molecule has 0 saturated carbocycles. The summed E-state index contributed by atoms with van der Waals surface area (Å²) in [7, 11) is 0. The first kappa shape index (κ1) is 16.8. The van der Waals surface area contributed by atoms with Crippen molar-refractivity contribution < 1.29 is 4.79 Å². The highest BCUT2D eigenvalue weighted by atomic mass is 32.2. The van der Waals surface area contributed by atoms with Gasteiger partial charge < -0.3 is 15.5 Å². The van der Waals surface area contributed by atoms with Crippen LogP contribution in [0.4, 0.5) is 5.82 Å². The molecule has 1 fully saturated rings. The number of aromatic nitrogens is 1. The van der Waals surface area contributed by atoms with Crippen molar-refractivity contribution in [2.75, 3.05) is 39.3 Å². The summed E-state index contributed by atoms with van der Waals surface area (Å²) in [5.74, 6) is 0.849. The van der Waals surface area contributed by atoms with Gasteiger partial charge in [0.25, 0.3) is 0 Å². The van der Waals surface area contributed by atoms with Gasteiger partial charge in [0.15, 0.2) is 5.82 Å². The Balaban J connectivity index is 1.28. The summed E-state index contributed by atoms with van der Waals surface area (Å²) in [6, 6.07) is 1.97. The van der Waals surface area contributed by atoms with Gasteiger partial charge in [-0.15, -0.1) is 11.8 Å². The van der Waals surface area contributed by atoms with Gasteiger partial charge in [-0.25, -0.2) is 9.98 Å². The molecule has 0 radical (unpaired) electrons. The molecule has 2 N–H and O–H groups in total. The fourth-order valence-corrected chi connectivity index (χ4v) is 4.57. The molecule has 3 aliphatic heterocycles. The van der Waals surface area contributed by atoms with Crippen LogP contribution < -0.4 is 10.6 Å². The molecular formula is C18H23N5OS. The van der Waals surface area contributed by atoms with Gasteiger partial charge in [-0.2, -0.15) is 0 Å². The van der Waals surface area contributed by atoms with Gasteiger partial charge >= 0.3 is 0 Å². The zero-order valence-electron chi connectivity index (χ0n) is 14.2. The number of carbonyl (C=O) groups excluding carboxylic acids is 1. The highest BCUT2D eigenvalue weighted by Gasteiger charge is 2.29. The molecule has 1 unspecified atom stereocenters. The van der Waals surface area contributed by atoms with Gasteiger partial charge in [0.2, 0.25) is 5.91 Å². The lowest BCUT2D eigenvalue weighted by atomic mass is 10.1. The topological polar surface area (TPSA) is 69.6 Å². The SMILES string of the molecule is O=C(NCCCN1CCCNCC1)C1C=C2C=Nc3nccc(c32)S1. The summed E-state index contributed by atoms with van der Waals surface area (Å²) in [4.78, 5) is 24.7. The summed E-state index contributed by atoms with van der Waals surface area (Å²) >= 11 is 1.58. The molecule has 25 heavy (non-hydrogen) atoms. The number of hydrogen-bond acceptors (Lipinski definition) is 6. The Morgan fingerprint density at radius 3 is 3.32 bits per heavy atom. The molecule has 0 aromatic carbocycles. The van der Waals surface area contributed by atoms with Gasteiger partial charge in [-0.1, -0.05) is 6.08 Å². The van der Waals surface area contributed by atoms with E-state index in [2.05, 4.69) is 25.5 Å². The normalized spacial score (nSPS) is 22.2. The van der Waals surface area contributed by atoms with Crippen LogP contribution in [0.1, 0.15) is 18.4 Å². The molecule has 4 heterocycles. The van der Waals surface area contributed by atoms with Gasteiger partial charge in [0.05, 0.1) is 0 Å². The smallest absolute Gasteiger partial charge is 0.237 e. The number of carbonyl (C=O) groups is 1. The van der Waals surface area contributed by atoms with Crippen molar-refractivity contribution in [2.45, 2.75) is 23.0 Å². The number of rotatable bonds is 5. The molecule has 0 bridgehead atoms. The number of amides is 1.